The molecule has 2 aromatic carbocycles. The van der Waals surface area contributed by atoms with Crippen LogP contribution in [-0.2, 0) is 27.2 Å². The van der Waals surface area contributed by atoms with Crippen LogP contribution in [0.5, 0.6) is 5.75 Å². The number of anilines is 1. The number of carbonyl (C=O) groups is 4. The summed E-state index contributed by atoms with van der Waals surface area (Å²) < 4.78 is 6.05. The van der Waals surface area contributed by atoms with Crippen LogP contribution in [0.2, 0.25) is 0 Å². The number of carbonyl (C=O) groups excluding carboxylic acids is 3. The molecule has 0 aromatic heterocycles. The van der Waals surface area contributed by atoms with Crippen LogP contribution in [-0.4, -0.2) is 136 Å². The molecular formula is C37H50N6O7. The Bertz CT molecular complexity index is 1550. The quantitative estimate of drug-likeness (QED) is 0.359. The summed E-state index contributed by atoms with van der Waals surface area (Å²) in [6.07, 6.45) is 2.35. The average Bonchev–Trinajstić information content (AvgIpc) is 3.52. The van der Waals surface area contributed by atoms with Gasteiger partial charge in [0.25, 0.3) is 5.91 Å². The third-order valence-corrected chi connectivity index (χ3v) is 10.8. The van der Waals surface area contributed by atoms with Gasteiger partial charge in [-0.2, -0.15) is 0 Å². The van der Waals surface area contributed by atoms with Crippen LogP contribution in [0.25, 0.3) is 0 Å². The van der Waals surface area contributed by atoms with E-state index in [9.17, 15) is 24.3 Å². The SMILES string of the molecule is Cc1cc(C[C@@H](OC(=O)N2CCC(N3CCc4ccccc4NC3=O)CC2)C(=O)N2CCC(N3CCN(CCC(=O)O)C3)CC2)cc(C)c1O. The molecule has 4 heterocycles. The number of para-hydroxylation sites is 1. The van der Waals surface area contributed by atoms with Gasteiger partial charge in [-0.15, -0.1) is 0 Å². The van der Waals surface area contributed by atoms with Gasteiger partial charge in [0, 0.05) is 76.5 Å². The molecule has 0 bridgehead atoms. The highest BCUT2D eigenvalue weighted by Gasteiger charge is 2.37. The second-order valence-electron chi connectivity index (χ2n) is 14.2. The van der Waals surface area contributed by atoms with Gasteiger partial charge in [0.15, 0.2) is 6.10 Å². The first kappa shape index (κ1) is 35.5. The minimum atomic E-state index is -1.02. The summed E-state index contributed by atoms with van der Waals surface area (Å²) in [6, 6.07) is 11.7. The number of aromatic hydroxyl groups is 1. The van der Waals surface area contributed by atoms with E-state index >= 15 is 0 Å². The summed E-state index contributed by atoms with van der Waals surface area (Å²) in [5, 5.41) is 22.4. The molecule has 0 radical (unpaired) electrons. The number of hydrogen-bond donors (Lipinski definition) is 3. The first-order valence-corrected chi connectivity index (χ1v) is 17.9. The van der Waals surface area contributed by atoms with Gasteiger partial charge in [0.1, 0.15) is 5.75 Å². The predicted molar refractivity (Wildman–Crippen MR) is 187 cm³/mol. The highest BCUT2D eigenvalue weighted by molar-refractivity contribution is 5.91. The van der Waals surface area contributed by atoms with Crippen molar-refractivity contribution in [3.8, 4) is 5.75 Å². The number of aryl methyl sites for hydroxylation is 2. The van der Waals surface area contributed by atoms with Crippen LogP contribution in [0.3, 0.4) is 0 Å². The standard InChI is InChI=1S/C37H50N6O7/c1-25-21-27(22-26(2)34(25)46)23-32(35(47)40-14-8-29(9-15-40)42-20-19-39(24-42)13-12-33(44)45)50-37(49)41-16-10-30(11-17-41)43-18-7-28-5-3-4-6-31(28)38-36(43)48/h3-6,21-22,29-30,32,46H,7-20,23-24H2,1-2H3,(H,38,48)(H,44,45)/t32-/m1/s1. The number of carboxylic acids is 1. The highest BCUT2D eigenvalue weighted by atomic mass is 16.6. The Balaban J connectivity index is 1.06. The largest absolute Gasteiger partial charge is 0.507 e. The maximum Gasteiger partial charge on any atom is 0.410 e. The molecule has 2 aromatic rings. The Labute approximate surface area is 293 Å². The molecule has 4 aliphatic heterocycles. The number of piperidine rings is 2. The van der Waals surface area contributed by atoms with Crippen molar-refractivity contribution in [3.05, 3.63) is 58.7 Å². The number of nitrogens with zero attached hydrogens (tertiary/aromatic N) is 5. The smallest absolute Gasteiger partial charge is 0.410 e. The summed E-state index contributed by atoms with van der Waals surface area (Å²) in [5.74, 6) is -0.800. The number of amides is 4. The Morgan fingerprint density at radius 1 is 0.900 bits per heavy atom. The molecular weight excluding hydrogens is 640 g/mol. The zero-order valence-corrected chi connectivity index (χ0v) is 29.2. The van der Waals surface area contributed by atoms with Crippen molar-refractivity contribution in [1.29, 1.82) is 0 Å². The van der Waals surface area contributed by atoms with E-state index in [1.807, 2.05) is 55.1 Å². The molecule has 3 fully saturated rings. The Morgan fingerprint density at radius 2 is 1.56 bits per heavy atom. The fourth-order valence-corrected chi connectivity index (χ4v) is 7.91. The minimum absolute atomic E-state index is 0.00473. The van der Waals surface area contributed by atoms with E-state index in [1.165, 1.54) is 0 Å². The van der Waals surface area contributed by atoms with Gasteiger partial charge in [-0.1, -0.05) is 30.3 Å². The van der Waals surface area contributed by atoms with E-state index in [1.54, 1.807) is 9.80 Å². The van der Waals surface area contributed by atoms with E-state index in [4.69, 9.17) is 9.84 Å². The molecule has 50 heavy (non-hydrogen) atoms. The summed E-state index contributed by atoms with van der Waals surface area (Å²) >= 11 is 0. The minimum Gasteiger partial charge on any atom is -0.507 e. The van der Waals surface area contributed by atoms with Crippen molar-refractivity contribution in [2.24, 2.45) is 0 Å². The van der Waals surface area contributed by atoms with Crippen molar-refractivity contribution >= 4 is 29.7 Å². The Morgan fingerprint density at radius 3 is 2.26 bits per heavy atom. The molecule has 13 nitrogen and oxygen atoms in total. The van der Waals surface area contributed by atoms with E-state index in [0.29, 0.717) is 69.3 Å². The lowest BCUT2D eigenvalue weighted by Crippen LogP contribution is -2.52. The van der Waals surface area contributed by atoms with E-state index in [-0.39, 0.29) is 36.6 Å². The Kier molecular flexibility index (Phi) is 11.1. The maximum atomic E-state index is 14.1. The molecule has 1 atom stereocenters. The third-order valence-electron chi connectivity index (χ3n) is 10.8. The fourth-order valence-electron chi connectivity index (χ4n) is 7.91. The van der Waals surface area contributed by atoms with Gasteiger partial charge in [-0.25, -0.2) is 9.59 Å². The lowest BCUT2D eigenvalue weighted by atomic mass is 9.99. The highest BCUT2D eigenvalue weighted by Crippen LogP contribution is 2.28. The van der Waals surface area contributed by atoms with Gasteiger partial charge in [0.05, 0.1) is 13.1 Å². The van der Waals surface area contributed by atoms with Gasteiger partial charge in [-0.05, 0) is 74.3 Å². The number of carboxylic acid groups (broad SMARTS) is 1. The molecule has 4 aliphatic rings. The first-order chi connectivity index (χ1) is 24.0. The molecule has 4 amide bonds. The summed E-state index contributed by atoms with van der Waals surface area (Å²) in [5.41, 5.74) is 4.16. The molecule has 0 spiro atoms. The predicted octanol–water partition coefficient (Wildman–Crippen LogP) is 3.65. The zero-order chi connectivity index (χ0) is 35.4. The molecule has 0 aliphatic carbocycles. The van der Waals surface area contributed by atoms with Crippen LogP contribution >= 0.6 is 0 Å². The third kappa shape index (κ3) is 8.32. The second kappa shape index (κ2) is 15.7. The lowest BCUT2D eigenvalue weighted by Gasteiger charge is -2.39. The number of aliphatic carboxylic acids is 1. The number of benzene rings is 2. The van der Waals surface area contributed by atoms with Crippen LogP contribution in [0.4, 0.5) is 15.3 Å². The number of urea groups is 1. The number of phenolic OH excluding ortho intramolecular Hbond substituents is 1. The second-order valence-corrected chi connectivity index (χ2v) is 14.2. The lowest BCUT2D eigenvalue weighted by molar-refractivity contribution is -0.142. The maximum absolute atomic E-state index is 14.1. The van der Waals surface area contributed by atoms with E-state index < -0.39 is 18.2 Å². The van der Waals surface area contributed by atoms with Crippen molar-refractivity contribution < 1.29 is 34.1 Å². The van der Waals surface area contributed by atoms with Gasteiger partial charge >= 0.3 is 18.1 Å². The normalized spacial score (nSPS) is 20.3. The topological polar surface area (TPSA) is 146 Å². The van der Waals surface area contributed by atoms with Crippen LogP contribution in [0.15, 0.2) is 36.4 Å². The summed E-state index contributed by atoms with van der Waals surface area (Å²) in [6.45, 7) is 9.16. The number of likely N-dealkylation sites (tertiary alicyclic amines) is 2. The molecule has 13 heteroatoms. The first-order valence-electron chi connectivity index (χ1n) is 17.9. The number of nitrogens with one attached hydrogen (secondary N) is 1. The molecule has 270 valence electrons. The summed E-state index contributed by atoms with van der Waals surface area (Å²) in [7, 11) is 0. The van der Waals surface area contributed by atoms with Crippen LogP contribution in [0, 0.1) is 13.8 Å². The van der Waals surface area contributed by atoms with Gasteiger partial charge < -0.3 is 35.0 Å². The number of phenols is 1. The van der Waals surface area contributed by atoms with Crippen LogP contribution < -0.4 is 5.32 Å². The number of ether oxygens (including phenoxy) is 1. The number of rotatable bonds is 9. The summed E-state index contributed by atoms with van der Waals surface area (Å²) in [4.78, 5) is 61.6. The van der Waals surface area contributed by atoms with Gasteiger partial charge in [-0.3, -0.25) is 19.4 Å². The van der Waals surface area contributed by atoms with E-state index in [2.05, 4.69) is 15.1 Å². The fraction of sp³-hybridized carbons (Fsp3) is 0.568. The molecule has 6 rings (SSSR count). The molecule has 3 N–H and O–H groups in total. The van der Waals surface area contributed by atoms with Crippen molar-refractivity contribution in [3.63, 3.8) is 0 Å². The van der Waals surface area contributed by atoms with Crippen molar-refractivity contribution in [2.75, 3.05) is 64.3 Å². The average molecular weight is 691 g/mol. The number of fused-ring (bicyclic) bond motifs is 1. The molecule has 0 saturated carbocycles. The van der Waals surface area contributed by atoms with Crippen molar-refractivity contribution in [1.82, 2.24) is 24.5 Å². The van der Waals surface area contributed by atoms with Crippen LogP contribution in [0.1, 0.15) is 54.4 Å². The Hall–Kier alpha value is -4.36. The van der Waals surface area contributed by atoms with Crippen molar-refractivity contribution in [2.45, 2.75) is 77.0 Å². The zero-order valence-electron chi connectivity index (χ0n) is 29.2. The number of hydrogen-bond acceptors (Lipinski definition) is 8. The van der Waals surface area contributed by atoms with Gasteiger partial charge in [0.2, 0.25) is 0 Å². The molecule has 0 unspecified atom stereocenters. The monoisotopic (exact) mass is 690 g/mol. The molecule has 3 saturated heterocycles. The van der Waals surface area contributed by atoms with E-state index in [0.717, 1.165) is 55.8 Å².